The third-order valence-corrected chi connectivity index (χ3v) is 3.17. The molecule has 0 aliphatic carbocycles. The number of methoxy groups -OCH3 is 1. The quantitative estimate of drug-likeness (QED) is 0.750. The molecule has 3 heteroatoms. The smallest absolute Gasteiger partial charge is 0.164 e. The first-order chi connectivity index (χ1) is 8.54. The van der Waals surface area contributed by atoms with Gasteiger partial charge in [-0.1, -0.05) is 13.0 Å². The van der Waals surface area contributed by atoms with E-state index in [2.05, 4.69) is 4.98 Å². The Morgan fingerprint density at radius 3 is 2.61 bits per heavy atom. The Kier molecular flexibility index (Phi) is 5.08. The van der Waals surface area contributed by atoms with E-state index in [-0.39, 0.29) is 5.78 Å². The molecule has 1 aromatic heterocycles. The molecule has 0 radical (unpaired) electrons. The Balaban J connectivity index is 3.03. The highest BCUT2D eigenvalue weighted by Gasteiger charge is 2.14. The number of hydrogen-bond acceptors (Lipinski definition) is 3. The number of carbonyl (C=O) groups is 1. The predicted molar refractivity (Wildman–Crippen MR) is 73.0 cm³/mol. The predicted octanol–water partition coefficient (Wildman–Crippen LogP) is 3.17. The number of allylic oxidation sites excluding steroid dienone is 2. The second-order valence-electron chi connectivity index (χ2n) is 4.31. The van der Waals surface area contributed by atoms with Crippen LogP contribution in [-0.2, 0) is 11.2 Å². The van der Waals surface area contributed by atoms with E-state index in [0.29, 0.717) is 6.42 Å². The zero-order chi connectivity index (χ0) is 13.7. The standard InChI is InChI=1S/C15H21NO2/c1-6-12(7-2)14(17)8-13-11(4)15(18-5)10(3)9-16-13/h6,9H,7-8H2,1-5H3. The summed E-state index contributed by atoms with van der Waals surface area (Å²) in [5.74, 6) is 0.966. The number of pyridine rings is 1. The molecule has 0 atom stereocenters. The minimum atomic E-state index is 0.140. The summed E-state index contributed by atoms with van der Waals surface area (Å²) in [6.45, 7) is 7.78. The summed E-state index contributed by atoms with van der Waals surface area (Å²) in [4.78, 5) is 16.4. The fourth-order valence-corrected chi connectivity index (χ4v) is 2.08. The van der Waals surface area contributed by atoms with Crippen LogP contribution < -0.4 is 4.74 Å². The summed E-state index contributed by atoms with van der Waals surface area (Å²) in [7, 11) is 1.64. The lowest BCUT2D eigenvalue weighted by atomic mass is 10.0. The number of aryl methyl sites for hydroxylation is 1. The van der Waals surface area contributed by atoms with E-state index in [0.717, 1.165) is 34.6 Å². The van der Waals surface area contributed by atoms with Crippen LogP contribution in [0.1, 0.15) is 37.1 Å². The second-order valence-corrected chi connectivity index (χ2v) is 4.31. The van der Waals surface area contributed by atoms with Crippen molar-refractivity contribution in [1.29, 1.82) is 0 Å². The van der Waals surface area contributed by atoms with Crippen molar-refractivity contribution >= 4 is 5.78 Å². The summed E-state index contributed by atoms with van der Waals surface area (Å²) in [5.41, 5.74) is 3.61. The molecule has 18 heavy (non-hydrogen) atoms. The number of ether oxygens (including phenoxy) is 1. The molecule has 0 saturated carbocycles. The van der Waals surface area contributed by atoms with Gasteiger partial charge >= 0.3 is 0 Å². The first kappa shape index (κ1) is 14.4. The third-order valence-electron chi connectivity index (χ3n) is 3.17. The molecule has 98 valence electrons. The number of aromatic nitrogens is 1. The molecule has 0 aliphatic heterocycles. The Hall–Kier alpha value is -1.64. The van der Waals surface area contributed by atoms with E-state index in [1.165, 1.54) is 0 Å². The van der Waals surface area contributed by atoms with E-state index in [4.69, 9.17) is 4.74 Å². The first-order valence-electron chi connectivity index (χ1n) is 6.22. The van der Waals surface area contributed by atoms with Crippen LogP contribution in [0.25, 0.3) is 0 Å². The van der Waals surface area contributed by atoms with Gasteiger partial charge in [0.2, 0.25) is 0 Å². The average Bonchev–Trinajstić information content (AvgIpc) is 2.35. The molecule has 0 spiro atoms. The molecular formula is C15H21NO2. The van der Waals surface area contributed by atoms with Crippen LogP contribution in [0.15, 0.2) is 17.8 Å². The van der Waals surface area contributed by atoms with Crippen LogP contribution in [0.2, 0.25) is 0 Å². The van der Waals surface area contributed by atoms with Crippen molar-refractivity contribution < 1.29 is 9.53 Å². The minimum absolute atomic E-state index is 0.140. The topological polar surface area (TPSA) is 39.2 Å². The van der Waals surface area contributed by atoms with E-state index >= 15 is 0 Å². The summed E-state index contributed by atoms with van der Waals surface area (Å²) >= 11 is 0. The van der Waals surface area contributed by atoms with Gasteiger partial charge in [0.1, 0.15) is 5.75 Å². The van der Waals surface area contributed by atoms with Gasteiger partial charge in [-0.15, -0.1) is 0 Å². The highest BCUT2D eigenvalue weighted by Crippen LogP contribution is 2.24. The van der Waals surface area contributed by atoms with Gasteiger partial charge in [-0.2, -0.15) is 0 Å². The maximum absolute atomic E-state index is 12.1. The van der Waals surface area contributed by atoms with E-state index in [1.54, 1.807) is 13.3 Å². The van der Waals surface area contributed by atoms with Crippen molar-refractivity contribution in [2.45, 2.75) is 40.5 Å². The number of nitrogens with zero attached hydrogens (tertiary/aromatic N) is 1. The van der Waals surface area contributed by atoms with Gasteiger partial charge in [-0.05, 0) is 32.8 Å². The number of carbonyl (C=O) groups excluding carboxylic acids is 1. The van der Waals surface area contributed by atoms with Crippen molar-refractivity contribution in [2.75, 3.05) is 7.11 Å². The SMILES string of the molecule is CC=C(CC)C(=O)Cc1ncc(C)c(OC)c1C. The van der Waals surface area contributed by atoms with Gasteiger partial charge in [-0.25, -0.2) is 0 Å². The normalized spacial score (nSPS) is 11.5. The molecule has 0 aromatic carbocycles. The molecule has 1 heterocycles. The van der Waals surface area contributed by atoms with Gasteiger partial charge in [0, 0.05) is 17.3 Å². The molecule has 0 saturated heterocycles. The lowest BCUT2D eigenvalue weighted by Gasteiger charge is -2.12. The van der Waals surface area contributed by atoms with Crippen molar-refractivity contribution in [1.82, 2.24) is 4.98 Å². The van der Waals surface area contributed by atoms with Crippen LogP contribution in [0.3, 0.4) is 0 Å². The highest BCUT2D eigenvalue weighted by molar-refractivity contribution is 5.96. The van der Waals surface area contributed by atoms with Crippen LogP contribution in [0, 0.1) is 13.8 Å². The van der Waals surface area contributed by atoms with Crippen LogP contribution in [0.4, 0.5) is 0 Å². The lowest BCUT2D eigenvalue weighted by Crippen LogP contribution is -2.09. The Labute approximate surface area is 109 Å². The molecule has 0 N–H and O–H groups in total. The highest BCUT2D eigenvalue weighted by atomic mass is 16.5. The monoisotopic (exact) mass is 247 g/mol. The molecule has 0 aliphatic rings. The third kappa shape index (κ3) is 2.97. The lowest BCUT2D eigenvalue weighted by molar-refractivity contribution is -0.115. The number of ketones is 1. The Morgan fingerprint density at radius 2 is 2.11 bits per heavy atom. The number of hydrogen-bond donors (Lipinski definition) is 0. The molecule has 0 bridgehead atoms. The van der Waals surface area contributed by atoms with E-state index < -0.39 is 0 Å². The molecular weight excluding hydrogens is 226 g/mol. The zero-order valence-corrected chi connectivity index (χ0v) is 11.8. The van der Waals surface area contributed by atoms with Crippen molar-refractivity contribution in [3.05, 3.63) is 34.7 Å². The fraction of sp³-hybridized carbons (Fsp3) is 0.467. The van der Waals surface area contributed by atoms with Crippen LogP contribution >= 0.6 is 0 Å². The van der Waals surface area contributed by atoms with Crippen molar-refractivity contribution in [3.63, 3.8) is 0 Å². The molecule has 1 aromatic rings. The van der Waals surface area contributed by atoms with Gasteiger partial charge < -0.3 is 4.74 Å². The van der Waals surface area contributed by atoms with Crippen molar-refractivity contribution in [3.8, 4) is 5.75 Å². The van der Waals surface area contributed by atoms with Crippen LogP contribution in [-0.4, -0.2) is 17.9 Å². The van der Waals surface area contributed by atoms with Gasteiger partial charge in [0.15, 0.2) is 5.78 Å². The van der Waals surface area contributed by atoms with Gasteiger partial charge in [0.05, 0.1) is 19.2 Å². The number of rotatable bonds is 5. The Bertz CT molecular complexity index is 476. The van der Waals surface area contributed by atoms with E-state index in [9.17, 15) is 4.79 Å². The summed E-state index contributed by atoms with van der Waals surface area (Å²) in [5, 5.41) is 0. The van der Waals surface area contributed by atoms with E-state index in [1.807, 2.05) is 33.8 Å². The number of Topliss-reactive ketones (excluding diaryl/α,β-unsaturated/α-hetero) is 1. The second kappa shape index (κ2) is 6.34. The van der Waals surface area contributed by atoms with Gasteiger partial charge in [0.25, 0.3) is 0 Å². The molecule has 1 rings (SSSR count). The maximum Gasteiger partial charge on any atom is 0.164 e. The average molecular weight is 247 g/mol. The summed E-state index contributed by atoms with van der Waals surface area (Å²) < 4.78 is 5.35. The molecule has 0 fully saturated rings. The zero-order valence-electron chi connectivity index (χ0n) is 11.8. The fourth-order valence-electron chi connectivity index (χ4n) is 2.08. The summed E-state index contributed by atoms with van der Waals surface area (Å²) in [6.07, 6.45) is 4.74. The minimum Gasteiger partial charge on any atom is -0.496 e. The molecule has 0 amide bonds. The largest absolute Gasteiger partial charge is 0.496 e. The first-order valence-corrected chi connectivity index (χ1v) is 6.22. The van der Waals surface area contributed by atoms with Crippen LogP contribution in [0.5, 0.6) is 5.75 Å². The van der Waals surface area contributed by atoms with Crippen molar-refractivity contribution in [2.24, 2.45) is 0 Å². The molecule has 0 unspecified atom stereocenters. The van der Waals surface area contributed by atoms with Gasteiger partial charge in [-0.3, -0.25) is 9.78 Å². The summed E-state index contributed by atoms with van der Waals surface area (Å²) in [6, 6.07) is 0. The maximum atomic E-state index is 12.1. The molecule has 3 nitrogen and oxygen atoms in total. The Morgan fingerprint density at radius 1 is 1.44 bits per heavy atom.